The van der Waals surface area contributed by atoms with E-state index >= 15 is 0 Å². The molecule has 0 bridgehead atoms. The minimum absolute atomic E-state index is 0.273. The van der Waals surface area contributed by atoms with Crippen LogP contribution in [0.4, 0.5) is 4.79 Å². The molecule has 3 aromatic rings. The number of nitrogens with one attached hydrogen (secondary N) is 1. The van der Waals surface area contributed by atoms with Gasteiger partial charge in [0.15, 0.2) is 0 Å². The van der Waals surface area contributed by atoms with Crippen molar-refractivity contribution in [2.24, 2.45) is 0 Å². The summed E-state index contributed by atoms with van der Waals surface area (Å²) in [5.41, 5.74) is 4.84. The first kappa shape index (κ1) is 23.8. The van der Waals surface area contributed by atoms with Crippen molar-refractivity contribution in [2.45, 2.75) is 53.2 Å². The highest BCUT2D eigenvalue weighted by Gasteiger charge is 2.16. The molecule has 1 N–H and O–H groups in total. The van der Waals surface area contributed by atoms with E-state index in [9.17, 15) is 9.59 Å². The molecule has 8 nitrogen and oxygen atoms in total. The van der Waals surface area contributed by atoms with Crippen LogP contribution in [-0.2, 0) is 20.8 Å². The average molecular weight is 449 g/mol. The predicted octanol–water partition coefficient (Wildman–Crippen LogP) is 4.03. The molecule has 2 aromatic heterocycles. The van der Waals surface area contributed by atoms with Gasteiger partial charge in [0.05, 0.1) is 11.2 Å². The van der Waals surface area contributed by atoms with Crippen molar-refractivity contribution in [3.63, 3.8) is 0 Å². The average Bonchev–Trinajstić information content (AvgIpc) is 3.14. The van der Waals surface area contributed by atoms with E-state index < -0.39 is 11.7 Å². The zero-order chi connectivity index (χ0) is 24.0. The maximum Gasteiger partial charge on any atom is 0.407 e. The molecule has 3 rings (SSSR count). The molecule has 0 saturated heterocycles. The van der Waals surface area contributed by atoms with Gasteiger partial charge in [-0.15, -0.1) is 0 Å². The van der Waals surface area contributed by atoms with Crippen LogP contribution >= 0.6 is 0 Å². The van der Waals surface area contributed by atoms with E-state index in [0.717, 1.165) is 33.5 Å². The lowest BCUT2D eigenvalue weighted by Gasteiger charge is -2.20. The van der Waals surface area contributed by atoms with Crippen LogP contribution in [0.1, 0.15) is 50.8 Å². The maximum absolute atomic E-state index is 11.9. The highest BCUT2D eigenvalue weighted by molar-refractivity contribution is 5.78. The zero-order valence-corrected chi connectivity index (χ0v) is 19.6. The third kappa shape index (κ3) is 6.81. The van der Waals surface area contributed by atoms with E-state index in [1.807, 2.05) is 58.2 Å². The molecule has 33 heavy (non-hydrogen) atoms. The van der Waals surface area contributed by atoms with Gasteiger partial charge in [0.25, 0.3) is 0 Å². The van der Waals surface area contributed by atoms with E-state index in [1.54, 1.807) is 4.52 Å². The highest BCUT2D eigenvalue weighted by Crippen LogP contribution is 2.25. The highest BCUT2D eigenvalue weighted by atomic mass is 16.6. The summed E-state index contributed by atoms with van der Waals surface area (Å²) in [6.07, 6.45) is 3.36. The second-order valence-electron chi connectivity index (χ2n) is 8.56. The molecule has 0 aliphatic rings. The first-order chi connectivity index (χ1) is 15.6. The van der Waals surface area contributed by atoms with Gasteiger partial charge in [-0.2, -0.15) is 5.10 Å². The number of fused-ring (bicyclic) bond motifs is 1. The summed E-state index contributed by atoms with van der Waals surface area (Å²) in [5, 5.41) is 7.07. The summed E-state index contributed by atoms with van der Waals surface area (Å²) < 4.78 is 11.9. The van der Waals surface area contributed by atoms with Crippen molar-refractivity contribution in [3.8, 4) is 23.1 Å². The first-order valence-corrected chi connectivity index (χ1v) is 10.6. The fourth-order valence-corrected chi connectivity index (χ4v) is 3.15. The lowest BCUT2D eigenvalue weighted by molar-refractivity contribution is -0.140. The van der Waals surface area contributed by atoms with Gasteiger partial charge in [-0.1, -0.05) is 24.0 Å². The van der Waals surface area contributed by atoms with Crippen LogP contribution in [0.2, 0.25) is 0 Å². The Labute approximate surface area is 193 Å². The molecule has 0 radical (unpaired) electrons. The third-order valence-electron chi connectivity index (χ3n) is 4.61. The number of alkyl carbamates (subject to hydrolysis) is 1. The number of benzene rings is 1. The van der Waals surface area contributed by atoms with Gasteiger partial charge in [-0.3, -0.25) is 4.79 Å². The molecule has 172 valence electrons. The maximum atomic E-state index is 11.9. The number of ether oxygens (including phenoxy) is 2. The summed E-state index contributed by atoms with van der Waals surface area (Å²) in [5.74, 6) is 5.75. The van der Waals surface area contributed by atoms with Crippen LogP contribution in [-0.4, -0.2) is 38.9 Å². The van der Waals surface area contributed by atoms with Gasteiger partial charge in [-0.05, 0) is 51.0 Å². The number of nitrogens with zero attached hydrogens (tertiary/aromatic N) is 3. The monoisotopic (exact) mass is 448 g/mol. The minimum atomic E-state index is -0.538. The van der Waals surface area contributed by atoms with Crippen LogP contribution < -0.4 is 5.32 Å². The second-order valence-corrected chi connectivity index (χ2v) is 8.56. The smallest absolute Gasteiger partial charge is 0.407 e. The Morgan fingerprint density at radius 1 is 1.21 bits per heavy atom. The van der Waals surface area contributed by atoms with E-state index in [-0.39, 0.29) is 12.6 Å². The van der Waals surface area contributed by atoms with Crippen molar-refractivity contribution >= 4 is 17.6 Å². The number of aromatic nitrogens is 3. The second kappa shape index (κ2) is 10.2. The fraction of sp³-hybridized carbons (Fsp3) is 0.360. The van der Waals surface area contributed by atoms with Crippen LogP contribution in [0, 0.1) is 18.8 Å². The topological polar surface area (TPSA) is 94.8 Å². The Morgan fingerprint density at radius 3 is 2.70 bits per heavy atom. The zero-order valence-electron chi connectivity index (χ0n) is 19.6. The normalized spacial score (nSPS) is 10.9. The van der Waals surface area contributed by atoms with Gasteiger partial charge < -0.3 is 14.8 Å². The van der Waals surface area contributed by atoms with Crippen molar-refractivity contribution in [2.75, 3.05) is 6.61 Å². The van der Waals surface area contributed by atoms with Crippen LogP contribution in [0.5, 0.6) is 0 Å². The summed E-state index contributed by atoms with van der Waals surface area (Å²) in [7, 11) is 0. The molecule has 2 heterocycles. The van der Waals surface area contributed by atoms with E-state index in [2.05, 4.69) is 27.2 Å². The molecular formula is C25H28N4O4. The fourth-order valence-electron chi connectivity index (χ4n) is 3.15. The third-order valence-corrected chi connectivity index (χ3v) is 4.61. The van der Waals surface area contributed by atoms with Crippen LogP contribution in [0.15, 0.2) is 36.8 Å². The molecule has 0 aliphatic heterocycles. The Balaban J connectivity index is 1.75. The number of carbonyl (C=O) groups excluding carboxylic acids is 2. The Kier molecular flexibility index (Phi) is 7.34. The quantitative estimate of drug-likeness (QED) is 0.360. The number of carbonyl (C=O) groups is 2. The largest absolute Gasteiger partial charge is 0.465 e. The van der Waals surface area contributed by atoms with Gasteiger partial charge in [-0.25, -0.2) is 14.3 Å². The van der Waals surface area contributed by atoms with Gasteiger partial charge >= 0.3 is 12.1 Å². The SMILES string of the molecule is CC(=O)OCCC#Cc1cc2c(-c3ccc(CNC(=O)OC(C)(C)C)c(C)c3)ncnn2c1. The molecule has 1 amide bonds. The summed E-state index contributed by atoms with van der Waals surface area (Å²) in [6.45, 7) is 9.50. The molecule has 0 saturated carbocycles. The van der Waals surface area contributed by atoms with Gasteiger partial charge in [0.1, 0.15) is 18.5 Å². The number of hydrogen-bond acceptors (Lipinski definition) is 6. The predicted molar refractivity (Wildman–Crippen MR) is 124 cm³/mol. The summed E-state index contributed by atoms with van der Waals surface area (Å²) in [6, 6.07) is 7.91. The van der Waals surface area contributed by atoms with Crippen LogP contribution in [0.3, 0.4) is 0 Å². The number of hydrogen-bond donors (Lipinski definition) is 1. The van der Waals surface area contributed by atoms with Crippen molar-refractivity contribution in [1.29, 1.82) is 0 Å². The molecule has 0 atom stereocenters. The number of amides is 1. The molecule has 0 fully saturated rings. The Bertz CT molecular complexity index is 1230. The molecule has 0 unspecified atom stereocenters. The van der Waals surface area contributed by atoms with Crippen molar-refractivity contribution in [1.82, 2.24) is 19.9 Å². The molecule has 1 aromatic carbocycles. The summed E-state index contributed by atoms with van der Waals surface area (Å²) in [4.78, 5) is 27.2. The van der Waals surface area contributed by atoms with Gasteiger partial charge in [0, 0.05) is 37.2 Å². The van der Waals surface area contributed by atoms with Crippen molar-refractivity contribution < 1.29 is 19.1 Å². The Hall–Kier alpha value is -3.86. The van der Waals surface area contributed by atoms with E-state index in [1.165, 1.54) is 13.3 Å². The van der Waals surface area contributed by atoms with E-state index in [0.29, 0.717) is 13.0 Å². The number of rotatable bonds is 5. The van der Waals surface area contributed by atoms with Crippen molar-refractivity contribution in [3.05, 3.63) is 53.5 Å². The minimum Gasteiger partial charge on any atom is -0.465 e. The van der Waals surface area contributed by atoms with E-state index in [4.69, 9.17) is 9.47 Å². The first-order valence-electron chi connectivity index (χ1n) is 10.6. The summed E-state index contributed by atoms with van der Waals surface area (Å²) >= 11 is 0. The lowest BCUT2D eigenvalue weighted by Crippen LogP contribution is -2.32. The molecule has 0 spiro atoms. The lowest BCUT2D eigenvalue weighted by atomic mass is 10.0. The molecular weight excluding hydrogens is 420 g/mol. The number of esters is 1. The van der Waals surface area contributed by atoms with Crippen LogP contribution in [0.25, 0.3) is 16.8 Å². The number of aryl methyl sites for hydroxylation is 1. The standard InChI is InChI=1S/C25H28N4O4/c1-17-12-20(9-10-21(17)14-26-24(31)33-25(3,4)5)23-22-13-19(15-29(22)28-16-27-23)8-6-7-11-32-18(2)30/h9-10,12-13,15-16H,7,11,14H2,1-5H3,(H,26,31). The molecule has 0 aliphatic carbocycles. The Morgan fingerprint density at radius 2 is 2.00 bits per heavy atom. The van der Waals surface area contributed by atoms with Gasteiger partial charge in [0.2, 0.25) is 0 Å². The molecule has 8 heteroatoms.